The van der Waals surface area contributed by atoms with Gasteiger partial charge in [0.25, 0.3) is 0 Å². The number of benzene rings is 1. The SMILES string of the molecule is C=CCC(/C=C\Sc1ccccn1)c1ccccc1. The molecular weight excluding hydrogens is 250 g/mol. The molecule has 0 saturated heterocycles. The fourth-order valence-electron chi connectivity index (χ4n) is 1.83. The maximum absolute atomic E-state index is 4.29. The van der Waals surface area contributed by atoms with Crippen molar-refractivity contribution in [3.8, 4) is 0 Å². The van der Waals surface area contributed by atoms with E-state index < -0.39 is 0 Å². The summed E-state index contributed by atoms with van der Waals surface area (Å²) in [5, 5.41) is 3.13. The van der Waals surface area contributed by atoms with Crippen molar-refractivity contribution in [2.24, 2.45) is 0 Å². The Morgan fingerprint density at radius 3 is 2.58 bits per heavy atom. The highest BCUT2D eigenvalue weighted by molar-refractivity contribution is 8.02. The van der Waals surface area contributed by atoms with Crippen LogP contribution in [0.4, 0.5) is 0 Å². The summed E-state index contributed by atoms with van der Waals surface area (Å²) in [6.45, 7) is 3.84. The second kappa shape index (κ2) is 7.59. The van der Waals surface area contributed by atoms with E-state index in [2.05, 4.69) is 47.3 Å². The molecule has 2 heteroatoms. The molecule has 0 fully saturated rings. The van der Waals surface area contributed by atoms with Gasteiger partial charge in [0.05, 0.1) is 0 Å². The first-order chi connectivity index (χ1) is 9.40. The Kier molecular flexibility index (Phi) is 5.45. The van der Waals surface area contributed by atoms with Gasteiger partial charge in [0, 0.05) is 12.1 Å². The van der Waals surface area contributed by atoms with Crippen molar-refractivity contribution >= 4 is 11.8 Å². The van der Waals surface area contributed by atoms with E-state index in [4.69, 9.17) is 0 Å². The molecule has 1 atom stereocenters. The average molecular weight is 267 g/mol. The largest absolute Gasteiger partial charge is 0.250 e. The molecule has 19 heavy (non-hydrogen) atoms. The number of rotatable bonds is 6. The Hall–Kier alpha value is -1.80. The summed E-state index contributed by atoms with van der Waals surface area (Å²) in [6.07, 6.45) is 6.95. The molecule has 1 aromatic heterocycles. The van der Waals surface area contributed by atoms with Crippen LogP contribution in [0.2, 0.25) is 0 Å². The topological polar surface area (TPSA) is 12.9 Å². The van der Waals surface area contributed by atoms with Gasteiger partial charge in [-0.25, -0.2) is 4.98 Å². The van der Waals surface area contributed by atoms with Crippen LogP contribution >= 0.6 is 11.8 Å². The van der Waals surface area contributed by atoms with Crippen LogP contribution in [0.3, 0.4) is 0 Å². The highest BCUT2D eigenvalue weighted by atomic mass is 32.2. The van der Waals surface area contributed by atoms with Gasteiger partial charge < -0.3 is 0 Å². The second-order valence-corrected chi connectivity index (χ2v) is 5.08. The molecule has 2 rings (SSSR count). The Labute approximate surface area is 119 Å². The summed E-state index contributed by atoms with van der Waals surface area (Å²) in [4.78, 5) is 4.29. The average Bonchev–Trinajstić information content (AvgIpc) is 2.48. The van der Waals surface area contributed by atoms with Gasteiger partial charge >= 0.3 is 0 Å². The summed E-state index contributed by atoms with van der Waals surface area (Å²) in [6, 6.07) is 16.4. The fraction of sp³-hybridized carbons (Fsp3) is 0.118. The standard InChI is InChI=1S/C17H17NS/c1-2-8-15(16-9-4-3-5-10-16)12-14-19-17-11-6-7-13-18-17/h2-7,9-15H,1,8H2/b14-12-. The molecule has 0 aliphatic rings. The third kappa shape index (κ3) is 4.42. The predicted molar refractivity (Wildman–Crippen MR) is 83.2 cm³/mol. The molecule has 1 nitrogen and oxygen atoms in total. The van der Waals surface area contributed by atoms with Crippen LogP contribution in [0.5, 0.6) is 0 Å². The van der Waals surface area contributed by atoms with Crippen molar-refractivity contribution < 1.29 is 0 Å². The highest BCUT2D eigenvalue weighted by Gasteiger charge is 2.04. The van der Waals surface area contributed by atoms with E-state index in [9.17, 15) is 0 Å². The Bertz CT molecular complexity index is 519. The van der Waals surface area contributed by atoms with Gasteiger partial charge in [0.2, 0.25) is 0 Å². The number of nitrogens with zero attached hydrogens (tertiary/aromatic N) is 1. The summed E-state index contributed by atoms with van der Waals surface area (Å²) >= 11 is 1.64. The molecule has 0 radical (unpaired) electrons. The maximum Gasteiger partial charge on any atom is 0.100 e. The van der Waals surface area contributed by atoms with Crippen molar-refractivity contribution in [2.45, 2.75) is 17.4 Å². The van der Waals surface area contributed by atoms with E-state index in [0.717, 1.165) is 11.4 Å². The number of pyridine rings is 1. The smallest absolute Gasteiger partial charge is 0.100 e. The third-order valence-corrected chi connectivity index (χ3v) is 3.56. The number of hydrogen-bond acceptors (Lipinski definition) is 2. The van der Waals surface area contributed by atoms with Crippen LogP contribution < -0.4 is 0 Å². The lowest BCUT2D eigenvalue weighted by molar-refractivity contribution is 0.867. The summed E-state index contributed by atoms with van der Waals surface area (Å²) in [5.41, 5.74) is 1.32. The van der Waals surface area contributed by atoms with Crippen molar-refractivity contribution in [1.29, 1.82) is 0 Å². The quantitative estimate of drug-likeness (QED) is 0.536. The molecule has 0 saturated carbocycles. The van der Waals surface area contributed by atoms with Crippen LogP contribution in [0.25, 0.3) is 0 Å². The van der Waals surface area contributed by atoms with E-state index in [0.29, 0.717) is 5.92 Å². The first-order valence-electron chi connectivity index (χ1n) is 6.30. The molecule has 0 aliphatic carbocycles. The molecule has 0 N–H and O–H groups in total. The normalized spacial score (nSPS) is 12.4. The van der Waals surface area contributed by atoms with Crippen LogP contribution in [0, 0.1) is 0 Å². The zero-order valence-electron chi connectivity index (χ0n) is 10.8. The van der Waals surface area contributed by atoms with E-state index in [1.165, 1.54) is 5.56 Å². The van der Waals surface area contributed by atoms with Gasteiger partial charge in [-0.05, 0) is 29.5 Å². The summed E-state index contributed by atoms with van der Waals surface area (Å²) < 4.78 is 0. The summed E-state index contributed by atoms with van der Waals surface area (Å²) in [5.74, 6) is 0.384. The Morgan fingerprint density at radius 1 is 1.11 bits per heavy atom. The number of aromatic nitrogens is 1. The van der Waals surface area contributed by atoms with E-state index >= 15 is 0 Å². The second-order valence-electron chi connectivity index (χ2n) is 4.16. The minimum absolute atomic E-state index is 0.384. The minimum atomic E-state index is 0.384. The zero-order chi connectivity index (χ0) is 13.3. The third-order valence-electron chi connectivity index (χ3n) is 2.79. The van der Waals surface area contributed by atoms with E-state index in [1.54, 1.807) is 11.8 Å². The van der Waals surface area contributed by atoms with E-state index in [-0.39, 0.29) is 0 Å². The minimum Gasteiger partial charge on any atom is -0.250 e. The first kappa shape index (κ1) is 13.6. The lowest BCUT2D eigenvalue weighted by Crippen LogP contribution is -1.92. The molecule has 1 aromatic carbocycles. The highest BCUT2D eigenvalue weighted by Crippen LogP contribution is 2.24. The van der Waals surface area contributed by atoms with Gasteiger partial charge in [-0.3, -0.25) is 0 Å². The fourth-order valence-corrected chi connectivity index (χ4v) is 2.51. The molecule has 1 unspecified atom stereocenters. The van der Waals surface area contributed by atoms with Crippen molar-refractivity contribution in [1.82, 2.24) is 4.98 Å². The molecule has 0 aliphatic heterocycles. The molecule has 0 amide bonds. The van der Waals surface area contributed by atoms with E-state index in [1.807, 2.05) is 36.5 Å². The van der Waals surface area contributed by atoms with Crippen LogP contribution in [0.1, 0.15) is 17.9 Å². The molecule has 0 spiro atoms. The number of thioether (sulfide) groups is 1. The van der Waals surface area contributed by atoms with Crippen molar-refractivity contribution in [2.75, 3.05) is 0 Å². The van der Waals surface area contributed by atoms with Gasteiger partial charge in [-0.2, -0.15) is 0 Å². The van der Waals surface area contributed by atoms with Gasteiger partial charge in [-0.1, -0.05) is 60.3 Å². The lowest BCUT2D eigenvalue weighted by Gasteiger charge is -2.10. The molecular formula is C17H17NS. The first-order valence-corrected chi connectivity index (χ1v) is 7.18. The van der Waals surface area contributed by atoms with Crippen molar-refractivity contribution in [3.63, 3.8) is 0 Å². The zero-order valence-corrected chi connectivity index (χ0v) is 11.6. The van der Waals surface area contributed by atoms with Crippen LogP contribution in [0.15, 0.2) is 83.9 Å². The van der Waals surface area contributed by atoms with Crippen molar-refractivity contribution in [3.05, 3.63) is 84.4 Å². The Morgan fingerprint density at radius 2 is 1.89 bits per heavy atom. The summed E-state index contributed by atoms with van der Waals surface area (Å²) in [7, 11) is 0. The number of hydrogen-bond donors (Lipinski definition) is 0. The van der Waals surface area contributed by atoms with Crippen LogP contribution in [-0.2, 0) is 0 Å². The van der Waals surface area contributed by atoms with Gasteiger partial charge in [-0.15, -0.1) is 6.58 Å². The molecule has 96 valence electrons. The van der Waals surface area contributed by atoms with Crippen LogP contribution in [-0.4, -0.2) is 4.98 Å². The number of allylic oxidation sites excluding steroid dienone is 2. The lowest BCUT2D eigenvalue weighted by atomic mass is 9.96. The van der Waals surface area contributed by atoms with Gasteiger partial charge in [0.15, 0.2) is 0 Å². The predicted octanol–water partition coefficient (Wildman–Crippen LogP) is 5.05. The van der Waals surface area contributed by atoms with Gasteiger partial charge in [0.1, 0.15) is 5.03 Å². The monoisotopic (exact) mass is 267 g/mol. The molecule has 2 aromatic rings. The molecule has 1 heterocycles. The Balaban J connectivity index is 2.03. The molecule has 0 bridgehead atoms. The maximum atomic E-state index is 4.29.